The van der Waals surface area contributed by atoms with Crippen LogP contribution in [0, 0.1) is 11.8 Å². The van der Waals surface area contributed by atoms with E-state index in [-0.39, 0.29) is 11.9 Å². The Balaban J connectivity index is 1.45. The lowest BCUT2D eigenvalue weighted by Crippen LogP contribution is -2.27. The van der Waals surface area contributed by atoms with E-state index >= 15 is 0 Å². The summed E-state index contributed by atoms with van der Waals surface area (Å²) in [5.74, 6) is 1.86. The van der Waals surface area contributed by atoms with Gasteiger partial charge in [0, 0.05) is 42.6 Å². The first-order valence-electron chi connectivity index (χ1n) is 13.8. The molecule has 5 aromatic rings. The maximum atomic E-state index is 11.8. The van der Waals surface area contributed by atoms with Crippen molar-refractivity contribution in [2.75, 3.05) is 11.4 Å². The SMILES string of the molecule is C[C@H]1CC[C@H](Cn2c(N3CCC[C@H]3c3nccs3)nc3cc(-c4noc(=O)[nH]4)nc(-c4cncc(Cl)c4)c32)CC1. The lowest BCUT2D eigenvalue weighted by atomic mass is 9.83. The fourth-order valence-electron chi connectivity index (χ4n) is 6.17. The van der Waals surface area contributed by atoms with Gasteiger partial charge in [-0.15, -0.1) is 11.3 Å². The van der Waals surface area contributed by atoms with Gasteiger partial charge in [-0.1, -0.05) is 36.5 Å². The van der Waals surface area contributed by atoms with Crippen LogP contribution in [0.5, 0.6) is 0 Å². The predicted octanol–water partition coefficient (Wildman–Crippen LogP) is 6.11. The van der Waals surface area contributed by atoms with E-state index in [4.69, 9.17) is 26.1 Å². The molecule has 0 spiro atoms. The van der Waals surface area contributed by atoms with Gasteiger partial charge in [0.05, 0.1) is 27.8 Å². The number of aromatic amines is 1. The molecule has 1 aliphatic heterocycles. The maximum Gasteiger partial charge on any atom is 0.439 e. The van der Waals surface area contributed by atoms with E-state index in [0.717, 1.165) is 59.4 Å². The maximum absolute atomic E-state index is 11.8. The standard InChI is InChI=1S/C28H29ClN8O2S/c1-16-4-6-17(7-5-16)15-37-24-20(33-27(37)36-9-2-3-22(36)26-31-8-10-40-26)12-21(25-34-28(38)39-35-25)32-23(24)18-11-19(29)14-30-13-18/h8,10-14,16-17,22H,2-7,9,15H2,1H3,(H,34,35,38)/t16-,17-,22-/m0/s1. The number of nitrogens with zero attached hydrogens (tertiary/aromatic N) is 7. The summed E-state index contributed by atoms with van der Waals surface area (Å²) in [5, 5.41) is 7.57. The number of hydrogen-bond acceptors (Lipinski definition) is 9. The lowest BCUT2D eigenvalue weighted by Gasteiger charge is -2.30. The normalized spacial score (nSPS) is 21.4. The van der Waals surface area contributed by atoms with Crippen molar-refractivity contribution in [3.05, 3.63) is 56.7 Å². The van der Waals surface area contributed by atoms with Crippen LogP contribution in [0.1, 0.15) is 56.5 Å². The minimum atomic E-state index is -0.635. The van der Waals surface area contributed by atoms with Crippen molar-refractivity contribution in [2.45, 2.75) is 58.0 Å². The number of fused-ring (bicyclic) bond motifs is 1. The van der Waals surface area contributed by atoms with Crippen LogP contribution in [-0.4, -0.2) is 41.2 Å². The molecule has 7 rings (SSSR count). The lowest BCUT2D eigenvalue weighted by molar-refractivity contribution is 0.266. The van der Waals surface area contributed by atoms with E-state index in [2.05, 4.69) is 36.5 Å². The molecule has 206 valence electrons. The van der Waals surface area contributed by atoms with Crippen LogP contribution in [0.3, 0.4) is 0 Å². The van der Waals surface area contributed by atoms with Crippen molar-refractivity contribution in [3.63, 3.8) is 0 Å². The second-order valence-corrected chi connectivity index (χ2v) is 12.3. The Kier molecular flexibility index (Phi) is 6.63. The van der Waals surface area contributed by atoms with Gasteiger partial charge in [0.1, 0.15) is 10.7 Å². The highest BCUT2D eigenvalue weighted by atomic mass is 35.5. The molecule has 12 heteroatoms. The Bertz CT molecular complexity index is 1700. The molecule has 6 heterocycles. The van der Waals surface area contributed by atoms with Crippen LogP contribution in [0.15, 0.2) is 45.4 Å². The minimum Gasteiger partial charge on any atom is -0.333 e. The van der Waals surface area contributed by atoms with E-state index in [9.17, 15) is 4.79 Å². The first kappa shape index (κ1) is 25.4. The van der Waals surface area contributed by atoms with E-state index in [1.807, 2.05) is 23.7 Å². The number of hydrogen-bond donors (Lipinski definition) is 1. The van der Waals surface area contributed by atoms with Crippen LogP contribution in [0.4, 0.5) is 5.95 Å². The third-order valence-corrected chi connectivity index (χ3v) is 9.27. The van der Waals surface area contributed by atoms with Crippen LogP contribution >= 0.6 is 22.9 Å². The molecule has 1 aliphatic carbocycles. The molecule has 10 nitrogen and oxygen atoms in total. The van der Waals surface area contributed by atoms with E-state index in [0.29, 0.717) is 22.3 Å². The summed E-state index contributed by atoms with van der Waals surface area (Å²) in [5.41, 5.74) is 3.63. The first-order valence-corrected chi connectivity index (χ1v) is 15.0. The summed E-state index contributed by atoms with van der Waals surface area (Å²) in [7, 11) is 0. The summed E-state index contributed by atoms with van der Waals surface area (Å²) in [6, 6.07) is 3.92. The third-order valence-electron chi connectivity index (χ3n) is 8.19. The largest absolute Gasteiger partial charge is 0.439 e. The minimum absolute atomic E-state index is 0.178. The molecular formula is C28H29ClN8O2S. The molecule has 0 aromatic carbocycles. The van der Waals surface area contributed by atoms with Gasteiger partial charge in [0.25, 0.3) is 0 Å². The molecule has 2 aliphatic rings. The first-order chi connectivity index (χ1) is 19.5. The second kappa shape index (κ2) is 10.4. The molecule has 5 aromatic heterocycles. The zero-order valence-electron chi connectivity index (χ0n) is 22.1. The number of rotatable bonds is 6. The van der Waals surface area contributed by atoms with Crippen molar-refractivity contribution >= 4 is 39.9 Å². The molecule has 2 fully saturated rings. The Morgan fingerprint density at radius 3 is 2.77 bits per heavy atom. The van der Waals surface area contributed by atoms with Gasteiger partial charge in [-0.05, 0) is 49.7 Å². The summed E-state index contributed by atoms with van der Waals surface area (Å²) in [4.78, 5) is 36.1. The van der Waals surface area contributed by atoms with E-state index in [1.54, 1.807) is 23.7 Å². The van der Waals surface area contributed by atoms with Crippen LogP contribution in [-0.2, 0) is 6.54 Å². The zero-order chi connectivity index (χ0) is 27.2. The van der Waals surface area contributed by atoms with Crippen LogP contribution in [0.25, 0.3) is 33.8 Å². The average molecular weight is 577 g/mol. The number of nitrogens with one attached hydrogen (secondary N) is 1. The number of anilines is 1. The Morgan fingerprint density at radius 1 is 1.15 bits per heavy atom. The Morgan fingerprint density at radius 2 is 2.02 bits per heavy atom. The quantitative estimate of drug-likeness (QED) is 0.257. The monoisotopic (exact) mass is 576 g/mol. The van der Waals surface area contributed by atoms with Gasteiger partial charge in [0.2, 0.25) is 11.8 Å². The number of halogens is 1. The number of aromatic nitrogens is 7. The fourth-order valence-corrected chi connectivity index (χ4v) is 7.13. The number of pyridine rings is 2. The van der Waals surface area contributed by atoms with Crippen molar-refractivity contribution in [1.82, 2.24) is 34.6 Å². The van der Waals surface area contributed by atoms with Crippen molar-refractivity contribution in [3.8, 4) is 22.8 Å². The molecule has 1 saturated heterocycles. The molecule has 1 N–H and O–H groups in total. The molecule has 1 atom stereocenters. The molecule has 40 heavy (non-hydrogen) atoms. The Labute approximate surface area is 239 Å². The van der Waals surface area contributed by atoms with Gasteiger partial charge < -0.3 is 9.47 Å². The van der Waals surface area contributed by atoms with Crippen LogP contribution in [0.2, 0.25) is 5.02 Å². The molecule has 0 radical (unpaired) electrons. The number of imidazole rings is 1. The molecule has 0 unspecified atom stereocenters. The topological polar surface area (TPSA) is 119 Å². The van der Waals surface area contributed by atoms with Crippen LogP contribution < -0.4 is 10.7 Å². The summed E-state index contributed by atoms with van der Waals surface area (Å²) in [6.45, 7) is 4.10. The number of H-pyrrole nitrogens is 1. The van der Waals surface area contributed by atoms with E-state index < -0.39 is 5.76 Å². The summed E-state index contributed by atoms with van der Waals surface area (Å²) < 4.78 is 7.16. The number of thiazole rings is 1. The highest BCUT2D eigenvalue weighted by Crippen LogP contribution is 2.41. The van der Waals surface area contributed by atoms with Gasteiger partial charge in [0.15, 0.2) is 0 Å². The van der Waals surface area contributed by atoms with Crippen molar-refractivity contribution in [1.29, 1.82) is 0 Å². The summed E-state index contributed by atoms with van der Waals surface area (Å²) in [6.07, 6.45) is 12.2. The van der Waals surface area contributed by atoms with Gasteiger partial charge in [-0.2, -0.15) is 0 Å². The average Bonchev–Trinajstić information content (AvgIpc) is 3.76. The molecular weight excluding hydrogens is 548 g/mol. The van der Waals surface area contributed by atoms with Crippen molar-refractivity contribution in [2.24, 2.45) is 11.8 Å². The zero-order valence-corrected chi connectivity index (χ0v) is 23.7. The predicted molar refractivity (Wildman–Crippen MR) is 154 cm³/mol. The van der Waals surface area contributed by atoms with Gasteiger partial charge >= 0.3 is 5.76 Å². The molecule has 0 amide bonds. The second-order valence-electron chi connectivity index (χ2n) is 10.9. The molecule has 0 bridgehead atoms. The summed E-state index contributed by atoms with van der Waals surface area (Å²) >= 11 is 8.09. The third kappa shape index (κ3) is 4.71. The highest BCUT2D eigenvalue weighted by molar-refractivity contribution is 7.09. The van der Waals surface area contributed by atoms with Crippen molar-refractivity contribution < 1.29 is 4.52 Å². The fraction of sp³-hybridized carbons (Fsp3) is 0.429. The Hall–Kier alpha value is -3.57. The van der Waals surface area contributed by atoms with Gasteiger partial charge in [-0.25, -0.2) is 19.7 Å². The van der Waals surface area contributed by atoms with E-state index in [1.165, 1.54) is 25.7 Å². The highest BCUT2D eigenvalue weighted by Gasteiger charge is 2.34. The molecule has 1 saturated carbocycles. The smallest absolute Gasteiger partial charge is 0.333 e. The van der Waals surface area contributed by atoms with Gasteiger partial charge in [-0.3, -0.25) is 14.5 Å².